The van der Waals surface area contributed by atoms with Crippen LogP contribution >= 0.6 is 11.6 Å². The standard InChI is InChI=1S/C19H32ClN5O2/c1-13(2)24-10-17(26)25(9-14-3-5-15(20)6-4-14)19(18(24)27)11-23(12-19)16-7-21-22-8-16/h13-16,21-22H,3-12H2,1-2H3. The van der Waals surface area contributed by atoms with Crippen LogP contribution in [-0.4, -0.2) is 88.8 Å². The highest BCUT2D eigenvalue weighted by Gasteiger charge is 2.61. The Morgan fingerprint density at radius 2 is 1.74 bits per heavy atom. The maximum atomic E-state index is 13.4. The predicted molar refractivity (Wildman–Crippen MR) is 104 cm³/mol. The molecule has 152 valence electrons. The molecular weight excluding hydrogens is 366 g/mol. The molecule has 3 heterocycles. The zero-order chi connectivity index (χ0) is 19.2. The first-order valence-electron chi connectivity index (χ1n) is 10.4. The molecule has 4 fully saturated rings. The lowest BCUT2D eigenvalue weighted by molar-refractivity contribution is -0.183. The SMILES string of the molecule is CC(C)N1CC(=O)N(CC2CCC(Cl)CC2)C2(CN(C3CNNC3)C2)C1=O. The van der Waals surface area contributed by atoms with Gasteiger partial charge in [0.25, 0.3) is 5.91 Å². The van der Waals surface area contributed by atoms with Crippen LogP contribution in [0.5, 0.6) is 0 Å². The molecule has 0 radical (unpaired) electrons. The second-order valence-electron chi connectivity index (χ2n) is 9.00. The molecule has 0 bridgehead atoms. The van der Waals surface area contributed by atoms with E-state index in [1.807, 2.05) is 18.7 Å². The predicted octanol–water partition coefficient (Wildman–Crippen LogP) is 0.394. The zero-order valence-corrected chi connectivity index (χ0v) is 17.2. The average molecular weight is 398 g/mol. The van der Waals surface area contributed by atoms with E-state index in [9.17, 15) is 9.59 Å². The number of hydrogen-bond donors (Lipinski definition) is 2. The first kappa shape index (κ1) is 19.4. The van der Waals surface area contributed by atoms with Gasteiger partial charge < -0.3 is 9.80 Å². The van der Waals surface area contributed by atoms with Crippen molar-refractivity contribution in [2.24, 2.45) is 5.92 Å². The molecule has 0 aromatic carbocycles. The Morgan fingerprint density at radius 3 is 2.33 bits per heavy atom. The third-order valence-electron chi connectivity index (χ3n) is 6.87. The Balaban J connectivity index is 1.52. The molecule has 4 rings (SSSR count). The minimum atomic E-state index is -0.667. The molecule has 1 aliphatic carbocycles. The summed E-state index contributed by atoms with van der Waals surface area (Å²) in [6.07, 6.45) is 4.13. The normalized spacial score (nSPS) is 32.6. The summed E-state index contributed by atoms with van der Waals surface area (Å²) in [5.74, 6) is 0.708. The van der Waals surface area contributed by atoms with Crippen molar-refractivity contribution >= 4 is 23.4 Å². The molecule has 0 aromatic rings. The zero-order valence-electron chi connectivity index (χ0n) is 16.4. The topological polar surface area (TPSA) is 67.9 Å². The van der Waals surface area contributed by atoms with Crippen molar-refractivity contribution in [1.82, 2.24) is 25.6 Å². The van der Waals surface area contributed by atoms with Crippen LogP contribution in [0.15, 0.2) is 0 Å². The number of nitrogens with one attached hydrogen (secondary N) is 2. The molecule has 27 heavy (non-hydrogen) atoms. The second kappa shape index (κ2) is 7.50. The Hall–Kier alpha value is -0.890. The van der Waals surface area contributed by atoms with Crippen molar-refractivity contribution < 1.29 is 9.59 Å². The smallest absolute Gasteiger partial charge is 0.251 e. The summed E-state index contributed by atoms with van der Waals surface area (Å²) < 4.78 is 0. The summed E-state index contributed by atoms with van der Waals surface area (Å²) in [4.78, 5) is 32.6. The number of carbonyl (C=O) groups is 2. The molecule has 0 atom stereocenters. The molecule has 3 aliphatic heterocycles. The molecule has 2 N–H and O–H groups in total. The molecule has 1 saturated carbocycles. The van der Waals surface area contributed by atoms with Gasteiger partial charge in [0.1, 0.15) is 12.1 Å². The maximum Gasteiger partial charge on any atom is 0.251 e. The molecule has 2 amide bonds. The van der Waals surface area contributed by atoms with Crippen LogP contribution < -0.4 is 10.9 Å². The van der Waals surface area contributed by atoms with Gasteiger partial charge in [-0.2, -0.15) is 0 Å². The van der Waals surface area contributed by atoms with Gasteiger partial charge in [-0.15, -0.1) is 11.6 Å². The van der Waals surface area contributed by atoms with E-state index in [0.29, 0.717) is 31.6 Å². The quantitative estimate of drug-likeness (QED) is 0.672. The summed E-state index contributed by atoms with van der Waals surface area (Å²) in [6.45, 7) is 7.98. The van der Waals surface area contributed by atoms with Crippen LogP contribution in [0.3, 0.4) is 0 Å². The lowest BCUT2D eigenvalue weighted by Crippen LogP contribution is -2.82. The van der Waals surface area contributed by atoms with E-state index in [1.54, 1.807) is 4.90 Å². The molecule has 0 aromatic heterocycles. The number of amides is 2. The van der Waals surface area contributed by atoms with E-state index in [2.05, 4.69) is 15.8 Å². The lowest BCUT2D eigenvalue weighted by atomic mass is 9.80. The number of hydrogen-bond acceptors (Lipinski definition) is 5. The highest BCUT2D eigenvalue weighted by Crippen LogP contribution is 2.38. The lowest BCUT2D eigenvalue weighted by Gasteiger charge is -2.60. The van der Waals surface area contributed by atoms with Gasteiger partial charge in [-0.05, 0) is 45.4 Å². The van der Waals surface area contributed by atoms with E-state index >= 15 is 0 Å². The van der Waals surface area contributed by atoms with Gasteiger partial charge in [-0.3, -0.25) is 25.3 Å². The fourth-order valence-corrected chi connectivity index (χ4v) is 5.33. The van der Waals surface area contributed by atoms with Gasteiger partial charge in [0.05, 0.1) is 0 Å². The van der Waals surface area contributed by atoms with Crippen LogP contribution in [0.25, 0.3) is 0 Å². The van der Waals surface area contributed by atoms with E-state index in [0.717, 1.165) is 38.8 Å². The van der Waals surface area contributed by atoms with Gasteiger partial charge in [0.15, 0.2) is 0 Å². The summed E-state index contributed by atoms with van der Waals surface area (Å²) in [6, 6.07) is 0.442. The van der Waals surface area contributed by atoms with E-state index in [-0.39, 0.29) is 29.8 Å². The molecule has 4 aliphatic rings. The number of hydrazine groups is 1. The van der Waals surface area contributed by atoms with E-state index in [4.69, 9.17) is 11.6 Å². The second-order valence-corrected chi connectivity index (χ2v) is 9.62. The largest absolute Gasteiger partial charge is 0.329 e. The summed E-state index contributed by atoms with van der Waals surface area (Å²) in [5, 5.41) is 0.270. The Labute approximate surface area is 166 Å². The number of nitrogens with zero attached hydrogens (tertiary/aromatic N) is 3. The highest BCUT2D eigenvalue weighted by molar-refractivity contribution is 6.20. The average Bonchev–Trinajstić information content (AvgIpc) is 3.12. The number of likely N-dealkylation sites (tertiary alicyclic amines) is 1. The Bertz CT molecular complexity index is 581. The van der Waals surface area contributed by atoms with Crippen molar-refractivity contribution in [3.05, 3.63) is 0 Å². The van der Waals surface area contributed by atoms with Gasteiger partial charge in [0.2, 0.25) is 5.91 Å². The van der Waals surface area contributed by atoms with Gasteiger partial charge >= 0.3 is 0 Å². The number of rotatable bonds is 4. The molecule has 1 spiro atoms. The molecular formula is C19H32ClN5O2. The van der Waals surface area contributed by atoms with Crippen LogP contribution in [0.4, 0.5) is 0 Å². The van der Waals surface area contributed by atoms with Crippen LogP contribution in [0.1, 0.15) is 39.5 Å². The summed E-state index contributed by atoms with van der Waals surface area (Å²) >= 11 is 6.26. The van der Waals surface area contributed by atoms with Crippen molar-refractivity contribution in [2.45, 2.75) is 62.5 Å². The molecule has 0 unspecified atom stereocenters. The number of alkyl halides is 1. The number of carbonyl (C=O) groups excluding carboxylic acids is 2. The minimum absolute atomic E-state index is 0.0519. The maximum absolute atomic E-state index is 13.4. The van der Waals surface area contributed by atoms with Crippen LogP contribution in [0.2, 0.25) is 0 Å². The van der Waals surface area contributed by atoms with Gasteiger partial charge in [0, 0.05) is 50.2 Å². The molecule has 7 nitrogen and oxygen atoms in total. The third-order valence-corrected chi connectivity index (χ3v) is 7.31. The molecule has 3 saturated heterocycles. The number of piperazine rings is 1. The fraction of sp³-hybridized carbons (Fsp3) is 0.895. The molecule has 8 heteroatoms. The van der Waals surface area contributed by atoms with E-state index < -0.39 is 5.54 Å². The summed E-state index contributed by atoms with van der Waals surface area (Å²) in [5.41, 5.74) is 5.65. The first-order chi connectivity index (χ1) is 12.9. The van der Waals surface area contributed by atoms with Crippen LogP contribution in [-0.2, 0) is 9.59 Å². The highest BCUT2D eigenvalue weighted by atomic mass is 35.5. The van der Waals surface area contributed by atoms with Crippen molar-refractivity contribution in [1.29, 1.82) is 0 Å². The number of halogens is 1. The Morgan fingerprint density at radius 1 is 1.11 bits per heavy atom. The summed E-state index contributed by atoms with van der Waals surface area (Å²) in [7, 11) is 0. The third kappa shape index (κ3) is 3.48. The van der Waals surface area contributed by atoms with Crippen molar-refractivity contribution in [3.63, 3.8) is 0 Å². The minimum Gasteiger partial charge on any atom is -0.329 e. The van der Waals surface area contributed by atoms with Gasteiger partial charge in [-0.25, -0.2) is 0 Å². The van der Waals surface area contributed by atoms with Crippen molar-refractivity contribution in [2.75, 3.05) is 39.3 Å². The first-order valence-corrected chi connectivity index (χ1v) is 10.8. The van der Waals surface area contributed by atoms with Crippen LogP contribution in [0, 0.1) is 5.92 Å². The fourth-order valence-electron chi connectivity index (χ4n) is 5.08. The van der Waals surface area contributed by atoms with E-state index in [1.165, 1.54) is 0 Å². The van der Waals surface area contributed by atoms with Crippen molar-refractivity contribution in [3.8, 4) is 0 Å². The Kier molecular flexibility index (Phi) is 5.40. The van der Waals surface area contributed by atoms with Gasteiger partial charge in [-0.1, -0.05) is 0 Å². The monoisotopic (exact) mass is 397 g/mol.